The average molecular weight is 700 g/mol. The van der Waals surface area contributed by atoms with Gasteiger partial charge in [0, 0.05) is 49.6 Å². The molecule has 5 rings (SSSR count). The van der Waals surface area contributed by atoms with Gasteiger partial charge in [-0.25, -0.2) is 13.8 Å². The van der Waals surface area contributed by atoms with Crippen molar-refractivity contribution in [3.63, 3.8) is 0 Å². The van der Waals surface area contributed by atoms with E-state index >= 15 is 0 Å². The van der Waals surface area contributed by atoms with Crippen molar-refractivity contribution in [1.29, 1.82) is 0 Å². The molecule has 2 heterocycles. The van der Waals surface area contributed by atoms with Crippen LogP contribution < -0.4 is 9.80 Å². The lowest BCUT2D eigenvalue weighted by Gasteiger charge is -2.34. The molecule has 264 valence electrons. The fourth-order valence-corrected chi connectivity index (χ4v) is 6.27. The van der Waals surface area contributed by atoms with Crippen LogP contribution in [0.2, 0.25) is 0 Å². The molecule has 1 saturated carbocycles. The molecule has 4 aromatic rings. The number of hydrogen-bond donors (Lipinski definition) is 1. The lowest BCUT2D eigenvalue weighted by atomic mass is 9.80. The maximum Gasteiger partial charge on any atom is 0.416 e. The first-order valence-corrected chi connectivity index (χ1v) is 15.5. The van der Waals surface area contributed by atoms with Crippen molar-refractivity contribution in [2.45, 2.75) is 64.5 Å². The van der Waals surface area contributed by atoms with Gasteiger partial charge in [0.1, 0.15) is 5.82 Å². The smallest absolute Gasteiger partial charge is 0.416 e. The van der Waals surface area contributed by atoms with Crippen molar-refractivity contribution >= 4 is 28.6 Å². The molecular weight excluding hydrogens is 666 g/mol. The molecule has 0 bridgehead atoms. The van der Waals surface area contributed by atoms with Crippen LogP contribution >= 0.6 is 0 Å². The Morgan fingerprint density at radius 3 is 2.04 bits per heavy atom. The molecule has 1 aliphatic carbocycles. The number of rotatable bonds is 11. The zero-order chi connectivity index (χ0) is 35.7. The number of alkyl halides is 6. The first-order valence-electron chi connectivity index (χ1n) is 15.5. The second kappa shape index (κ2) is 14.1. The number of carboxylic acid groups (broad SMARTS) is 1. The van der Waals surface area contributed by atoms with E-state index in [1.165, 1.54) is 11.9 Å². The molecule has 1 aliphatic rings. The van der Waals surface area contributed by atoms with Gasteiger partial charge in [-0.05, 0) is 85.6 Å². The predicted octanol–water partition coefficient (Wildman–Crippen LogP) is 7.39. The number of aliphatic carboxylic acids is 1. The van der Waals surface area contributed by atoms with E-state index in [-0.39, 0.29) is 53.3 Å². The van der Waals surface area contributed by atoms with Crippen LogP contribution in [0.25, 0.3) is 10.9 Å². The Labute approximate surface area is 275 Å². The summed E-state index contributed by atoms with van der Waals surface area (Å²) in [4.78, 5) is 20.2. The summed E-state index contributed by atoms with van der Waals surface area (Å²) >= 11 is 0. The number of halogens is 8. The van der Waals surface area contributed by atoms with Gasteiger partial charge in [-0.15, -0.1) is 5.10 Å². The van der Waals surface area contributed by atoms with Crippen molar-refractivity contribution in [2.24, 2.45) is 18.9 Å². The van der Waals surface area contributed by atoms with Gasteiger partial charge in [0.25, 0.3) is 5.95 Å². The zero-order valence-electron chi connectivity index (χ0n) is 26.5. The van der Waals surface area contributed by atoms with Gasteiger partial charge in [-0.1, -0.05) is 5.10 Å². The number of nitrogens with zero attached hydrogens (tertiary/aromatic N) is 7. The minimum absolute atomic E-state index is 0.0434. The Bertz CT molecular complexity index is 1770. The molecule has 9 nitrogen and oxygen atoms in total. The van der Waals surface area contributed by atoms with Crippen molar-refractivity contribution in [1.82, 2.24) is 25.2 Å². The summed E-state index contributed by atoms with van der Waals surface area (Å²) in [7, 11) is 1.44. The van der Waals surface area contributed by atoms with E-state index in [0.29, 0.717) is 36.6 Å². The Hall–Kier alpha value is -4.57. The maximum absolute atomic E-state index is 14.3. The van der Waals surface area contributed by atoms with E-state index in [1.54, 1.807) is 6.07 Å². The van der Waals surface area contributed by atoms with E-state index in [9.17, 15) is 45.0 Å². The van der Waals surface area contributed by atoms with Gasteiger partial charge < -0.3 is 14.9 Å². The Kier molecular flexibility index (Phi) is 10.3. The molecule has 0 amide bonds. The number of carbonyl (C=O) groups is 1. The summed E-state index contributed by atoms with van der Waals surface area (Å²) < 4.78 is 111. The Balaban J connectivity index is 1.55. The zero-order valence-corrected chi connectivity index (χ0v) is 26.5. The first-order chi connectivity index (χ1) is 23.0. The molecule has 2 aromatic carbocycles. The summed E-state index contributed by atoms with van der Waals surface area (Å²) in [5.74, 6) is -2.63. The van der Waals surface area contributed by atoms with Crippen LogP contribution in [0.4, 0.5) is 46.9 Å². The van der Waals surface area contributed by atoms with Crippen LogP contribution in [-0.2, 0) is 37.3 Å². The monoisotopic (exact) mass is 699 g/mol. The van der Waals surface area contributed by atoms with Crippen LogP contribution in [0.1, 0.15) is 61.3 Å². The standard InChI is InChI=1S/C32H33F8N7O2/c1-3-46(15-19-6-4-18(5-7-19)10-28(48)49)29-22(11-21-12-25(33)26(34)14-27(21)41-29)17-47(30-42-44-45(2)43-30)16-20-8-23(31(35,36)37)13-24(9-20)32(38,39)40/h8-9,11-14,18-19H,3-7,10,15-17H2,1-2H3,(H,48,49). The average Bonchev–Trinajstić information content (AvgIpc) is 3.46. The molecule has 49 heavy (non-hydrogen) atoms. The Morgan fingerprint density at radius 1 is 0.878 bits per heavy atom. The number of anilines is 2. The molecule has 1 N–H and O–H groups in total. The van der Waals surface area contributed by atoms with Crippen LogP contribution in [0.3, 0.4) is 0 Å². The van der Waals surface area contributed by atoms with Gasteiger partial charge >= 0.3 is 18.3 Å². The molecule has 0 spiro atoms. The number of benzene rings is 2. The number of tetrazole rings is 1. The second-order valence-corrected chi connectivity index (χ2v) is 12.3. The van der Waals surface area contributed by atoms with Crippen molar-refractivity contribution < 1.29 is 45.0 Å². The van der Waals surface area contributed by atoms with E-state index in [2.05, 4.69) is 20.4 Å². The maximum atomic E-state index is 14.3. The summed E-state index contributed by atoms with van der Waals surface area (Å²) in [5.41, 5.74) is -2.76. The molecule has 0 radical (unpaired) electrons. The number of aryl methyl sites for hydroxylation is 1. The first kappa shape index (κ1) is 35.7. The summed E-state index contributed by atoms with van der Waals surface area (Å²) in [5, 5.41) is 21.3. The molecule has 0 unspecified atom stereocenters. The number of carboxylic acids is 1. The third-order valence-electron chi connectivity index (χ3n) is 8.67. The number of fused-ring (bicyclic) bond motifs is 1. The van der Waals surface area contributed by atoms with Crippen molar-refractivity contribution in [3.05, 3.63) is 70.3 Å². The molecule has 0 aliphatic heterocycles. The molecule has 0 atom stereocenters. The summed E-state index contributed by atoms with van der Waals surface area (Å²) in [6.07, 6.45) is -7.08. The van der Waals surface area contributed by atoms with Crippen molar-refractivity contribution in [2.75, 3.05) is 22.9 Å². The third kappa shape index (κ3) is 8.73. The van der Waals surface area contributed by atoms with Gasteiger partial charge in [0.15, 0.2) is 11.6 Å². The van der Waals surface area contributed by atoms with Gasteiger partial charge in [0.2, 0.25) is 0 Å². The number of aromatic nitrogens is 5. The van der Waals surface area contributed by atoms with E-state index in [4.69, 9.17) is 0 Å². The van der Waals surface area contributed by atoms with Gasteiger partial charge in [0.05, 0.1) is 23.7 Å². The van der Waals surface area contributed by atoms with Gasteiger partial charge in [-0.2, -0.15) is 31.1 Å². The van der Waals surface area contributed by atoms with E-state index in [1.807, 2.05) is 11.8 Å². The molecule has 1 fully saturated rings. The number of hydrogen-bond acceptors (Lipinski definition) is 7. The lowest BCUT2D eigenvalue weighted by Crippen LogP contribution is -2.34. The fourth-order valence-electron chi connectivity index (χ4n) is 6.27. The minimum atomic E-state index is -5.06. The van der Waals surface area contributed by atoms with Crippen LogP contribution in [-0.4, -0.2) is 49.4 Å². The fraction of sp³-hybridized carbons (Fsp3) is 0.469. The second-order valence-electron chi connectivity index (χ2n) is 12.3. The quantitative estimate of drug-likeness (QED) is 0.162. The highest BCUT2D eigenvalue weighted by molar-refractivity contribution is 5.82. The molecular formula is C32H33F8N7O2. The highest BCUT2D eigenvalue weighted by atomic mass is 19.4. The normalized spacial score (nSPS) is 17.0. The van der Waals surface area contributed by atoms with Crippen LogP contribution in [0.15, 0.2) is 36.4 Å². The Morgan fingerprint density at radius 2 is 1.49 bits per heavy atom. The van der Waals surface area contributed by atoms with Crippen molar-refractivity contribution in [3.8, 4) is 0 Å². The third-order valence-corrected chi connectivity index (χ3v) is 8.67. The summed E-state index contributed by atoms with van der Waals surface area (Å²) in [6.45, 7) is 2.05. The highest BCUT2D eigenvalue weighted by Crippen LogP contribution is 2.38. The predicted molar refractivity (Wildman–Crippen MR) is 162 cm³/mol. The van der Waals surface area contributed by atoms with Crippen LogP contribution in [0.5, 0.6) is 0 Å². The number of pyridine rings is 1. The van der Waals surface area contributed by atoms with E-state index in [0.717, 1.165) is 42.6 Å². The topological polar surface area (TPSA) is 100 Å². The minimum Gasteiger partial charge on any atom is -0.481 e. The van der Waals surface area contributed by atoms with E-state index < -0.39 is 47.6 Å². The molecule has 2 aromatic heterocycles. The molecule has 0 saturated heterocycles. The van der Waals surface area contributed by atoms with Gasteiger partial charge in [-0.3, -0.25) is 4.79 Å². The highest BCUT2D eigenvalue weighted by Gasteiger charge is 2.37. The SMILES string of the molecule is CCN(CC1CCC(CC(=O)O)CC1)c1nc2cc(F)c(F)cc2cc1CN(Cc1cc(C(F)(F)F)cc(C(F)(F)F)c1)c1nnn(C)n1. The lowest BCUT2D eigenvalue weighted by molar-refractivity contribution is -0.143. The molecule has 17 heteroatoms. The van der Waals surface area contributed by atoms with Crippen LogP contribution in [0, 0.1) is 23.5 Å². The largest absolute Gasteiger partial charge is 0.481 e. The summed E-state index contributed by atoms with van der Waals surface area (Å²) in [6, 6.07) is 4.74.